The van der Waals surface area contributed by atoms with Crippen molar-refractivity contribution < 1.29 is 27.0 Å². The first-order chi connectivity index (χ1) is 10.9. The van der Waals surface area contributed by atoms with Crippen LogP contribution in [-0.2, 0) is 22.2 Å². The monoisotopic (exact) mass is 333 g/mol. The number of alkyl halides is 3. The minimum Gasteiger partial charge on any atom is -0.381 e. The fourth-order valence-corrected chi connectivity index (χ4v) is 3.25. The van der Waals surface area contributed by atoms with E-state index in [1.54, 1.807) is 0 Å². The molecule has 0 N–H and O–H groups in total. The molecule has 0 saturated carbocycles. The van der Waals surface area contributed by atoms with Gasteiger partial charge in [-0.1, -0.05) is 6.07 Å². The van der Waals surface area contributed by atoms with E-state index in [0.717, 1.165) is 25.0 Å². The third kappa shape index (κ3) is 3.84. The van der Waals surface area contributed by atoms with Gasteiger partial charge in [-0.3, -0.25) is 4.90 Å². The lowest BCUT2D eigenvalue weighted by molar-refractivity contribution is -0.155. The van der Waals surface area contributed by atoms with Crippen molar-refractivity contribution in [2.45, 2.75) is 31.2 Å². The molecular weight excluding hydrogens is 314 g/mol. The van der Waals surface area contributed by atoms with Gasteiger partial charge in [-0.05, 0) is 17.7 Å². The van der Waals surface area contributed by atoms with Crippen LogP contribution in [0.5, 0.6) is 0 Å². The van der Waals surface area contributed by atoms with Gasteiger partial charge in [0.2, 0.25) is 0 Å². The highest BCUT2D eigenvalue weighted by molar-refractivity contribution is 5.27. The quantitative estimate of drug-likeness (QED) is 0.776. The number of morpholine rings is 1. The lowest BCUT2D eigenvalue weighted by atomic mass is 9.92. The summed E-state index contributed by atoms with van der Waals surface area (Å²) >= 11 is 0. The molecule has 2 aliphatic rings. The number of hydrogen-bond acceptors (Lipinski definition) is 3. The molecule has 0 bridgehead atoms. The van der Waals surface area contributed by atoms with Crippen LogP contribution in [0.3, 0.4) is 0 Å². The minimum atomic E-state index is -4.67. The second-order valence-corrected chi connectivity index (χ2v) is 6.17. The average Bonchev–Trinajstić information content (AvgIpc) is 2.49. The number of rotatable bonds is 2. The highest BCUT2D eigenvalue weighted by Crippen LogP contribution is 2.33. The highest BCUT2D eigenvalue weighted by Gasteiger charge is 2.38. The zero-order chi connectivity index (χ0) is 16.5. The summed E-state index contributed by atoms with van der Waals surface area (Å²) in [5.74, 6) is -1.23. The minimum absolute atomic E-state index is 0.261. The first-order valence-corrected chi connectivity index (χ1v) is 7.68. The Morgan fingerprint density at radius 2 is 1.87 bits per heavy atom. The van der Waals surface area contributed by atoms with E-state index >= 15 is 0 Å². The van der Waals surface area contributed by atoms with Crippen LogP contribution in [0.1, 0.15) is 24.0 Å². The SMILES string of the molecule is Fc1ccc(CN2CCOC3(CCOCC3)C2)cc1C(F)(F)F. The molecule has 0 unspecified atom stereocenters. The fraction of sp³-hybridized carbons (Fsp3) is 0.625. The number of nitrogens with zero attached hydrogens (tertiary/aromatic N) is 1. The smallest absolute Gasteiger partial charge is 0.381 e. The second-order valence-electron chi connectivity index (χ2n) is 6.17. The van der Waals surface area contributed by atoms with Crippen molar-refractivity contribution in [1.82, 2.24) is 4.90 Å². The van der Waals surface area contributed by atoms with Crippen molar-refractivity contribution in [2.24, 2.45) is 0 Å². The van der Waals surface area contributed by atoms with Crippen LogP contribution < -0.4 is 0 Å². The van der Waals surface area contributed by atoms with Gasteiger partial charge in [0.1, 0.15) is 5.82 Å². The Labute approximate surface area is 132 Å². The van der Waals surface area contributed by atoms with E-state index in [-0.39, 0.29) is 5.60 Å². The Bertz CT molecular complexity index is 550. The Balaban J connectivity index is 1.71. The maximum Gasteiger partial charge on any atom is 0.419 e. The molecule has 2 aliphatic heterocycles. The molecule has 1 aromatic carbocycles. The number of ether oxygens (including phenoxy) is 2. The van der Waals surface area contributed by atoms with Gasteiger partial charge < -0.3 is 9.47 Å². The van der Waals surface area contributed by atoms with E-state index in [9.17, 15) is 17.6 Å². The molecule has 128 valence electrons. The van der Waals surface area contributed by atoms with E-state index in [0.29, 0.717) is 45.0 Å². The molecule has 23 heavy (non-hydrogen) atoms. The van der Waals surface area contributed by atoms with Crippen molar-refractivity contribution in [1.29, 1.82) is 0 Å². The molecule has 0 aromatic heterocycles. The van der Waals surface area contributed by atoms with Gasteiger partial charge >= 0.3 is 6.18 Å². The molecule has 3 rings (SSSR count). The van der Waals surface area contributed by atoms with Gasteiger partial charge in [0.15, 0.2) is 0 Å². The molecule has 0 atom stereocenters. The van der Waals surface area contributed by atoms with Gasteiger partial charge in [0, 0.05) is 45.7 Å². The van der Waals surface area contributed by atoms with Crippen molar-refractivity contribution >= 4 is 0 Å². The summed E-state index contributed by atoms with van der Waals surface area (Å²) in [6, 6.07) is 3.21. The van der Waals surface area contributed by atoms with Gasteiger partial charge in [0.05, 0.1) is 17.8 Å². The van der Waals surface area contributed by atoms with Crippen LogP contribution in [0.2, 0.25) is 0 Å². The van der Waals surface area contributed by atoms with Crippen molar-refractivity contribution in [3.05, 3.63) is 35.1 Å². The molecule has 2 saturated heterocycles. The number of hydrogen-bond donors (Lipinski definition) is 0. The molecule has 0 radical (unpaired) electrons. The van der Waals surface area contributed by atoms with Crippen molar-refractivity contribution in [2.75, 3.05) is 32.9 Å². The van der Waals surface area contributed by atoms with Crippen molar-refractivity contribution in [3.63, 3.8) is 0 Å². The summed E-state index contributed by atoms with van der Waals surface area (Å²) in [5.41, 5.74) is -1.00. The van der Waals surface area contributed by atoms with Crippen LogP contribution >= 0.6 is 0 Å². The van der Waals surface area contributed by atoms with Crippen LogP contribution in [0.25, 0.3) is 0 Å². The Hall–Kier alpha value is -1.18. The standard InChI is InChI=1S/C16H19F4NO2/c17-14-2-1-12(9-13(14)16(18,19)20)10-21-5-8-23-15(11-21)3-6-22-7-4-15/h1-2,9H,3-8,10-11H2. The molecule has 0 amide bonds. The maximum atomic E-state index is 13.4. The van der Waals surface area contributed by atoms with E-state index in [1.807, 2.05) is 0 Å². The van der Waals surface area contributed by atoms with E-state index in [2.05, 4.69) is 4.90 Å². The first-order valence-electron chi connectivity index (χ1n) is 7.68. The second kappa shape index (κ2) is 6.37. The summed E-state index contributed by atoms with van der Waals surface area (Å²) in [5, 5.41) is 0. The van der Waals surface area contributed by atoms with Crippen LogP contribution in [0, 0.1) is 5.82 Å². The molecule has 7 heteroatoms. The number of benzene rings is 1. The molecule has 2 fully saturated rings. The first kappa shape index (κ1) is 16.7. The normalized spacial score (nSPS) is 22.4. The predicted octanol–water partition coefficient (Wildman–Crippen LogP) is 3.23. The molecular formula is C16H19F4NO2. The van der Waals surface area contributed by atoms with E-state index in [1.165, 1.54) is 6.07 Å². The average molecular weight is 333 g/mol. The Morgan fingerprint density at radius 3 is 2.57 bits per heavy atom. The molecule has 2 heterocycles. The Kier molecular flexibility index (Phi) is 4.62. The van der Waals surface area contributed by atoms with Crippen molar-refractivity contribution in [3.8, 4) is 0 Å². The van der Waals surface area contributed by atoms with Gasteiger partial charge in [-0.2, -0.15) is 13.2 Å². The Morgan fingerprint density at radius 1 is 1.13 bits per heavy atom. The van der Waals surface area contributed by atoms with Gasteiger partial charge in [0.25, 0.3) is 0 Å². The predicted molar refractivity (Wildman–Crippen MR) is 75.4 cm³/mol. The zero-order valence-electron chi connectivity index (χ0n) is 12.7. The summed E-state index contributed by atoms with van der Waals surface area (Å²) in [4.78, 5) is 2.07. The highest BCUT2D eigenvalue weighted by atomic mass is 19.4. The lowest BCUT2D eigenvalue weighted by Crippen LogP contribution is -2.54. The maximum absolute atomic E-state index is 13.4. The summed E-state index contributed by atoms with van der Waals surface area (Å²) in [7, 11) is 0. The third-order valence-corrected chi connectivity index (χ3v) is 4.47. The van der Waals surface area contributed by atoms with Crippen LogP contribution in [-0.4, -0.2) is 43.4 Å². The third-order valence-electron chi connectivity index (χ3n) is 4.47. The molecule has 1 spiro atoms. The summed E-state index contributed by atoms with van der Waals surface area (Å²) < 4.78 is 63.0. The molecule has 0 aliphatic carbocycles. The molecule has 1 aromatic rings. The van der Waals surface area contributed by atoms with E-state index in [4.69, 9.17) is 9.47 Å². The van der Waals surface area contributed by atoms with E-state index < -0.39 is 17.6 Å². The molecule has 3 nitrogen and oxygen atoms in total. The summed E-state index contributed by atoms with van der Waals surface area (Å²) in [6.45, 7) is 3.50. The van der Waals surface area contributed by atoms with Gasteiger partial charge in [-0.15, -0.1) is 0 Å². The lowest BCUT2D eigenvalue weighted by Gasteiger charge is -2.44. The van der Waals surface area contributed by atoms with Crippen LogP contribution in [0.15, 0.2) is 18.2 Å². The fourth-order valence-electron chi connectivity index (χ4n) is 3.25. The van der Waals surface area contributed by atoms with Gasteiger partial charge in [-0.25, -0.2) is 4.39 Å². The topological polar surface area (TPSA) is 21.7 Å². The number of halogens is 4. The largest absolute Gasteiger partial charge is 0.419 e. The summed E-state index contributed by atoms with van der Waals surface area (Å²) in [6.07, 6.45) is -3.09. The zero-order valence-corrected chi connectivity index (χ0v) is 12.7. The van der Waals surface area contributed by atoms with Crippen LogP contribution in [0.4, 0.5) is 17.6 Å².